The second-order valence-corrected chi connectivity index (χ2v) is 5.18. The van der Waals surface area contributed by atoms with Crippen molar-refractivity contribution in [2.24, 2.45) is 5.92 Å². The maximum absolute atomic E-state index is 12.1. The van der Waals surface area contributed by atoms with Crippen LogP contribution in [-0.2, 0) is 9.59 Å². The zero-order valence-corrected chi connectivity index (χ0v) is 11.2. The van der Waals surface area contributed by atoms with Crippen LogP contribution in [0.1, 0.15) is 35.7 Å². The molecule has 1 heterocycles. The zero-order chi connectivity index (χ0) is 14.0. The number of imide groups is 1. The molecule has 2 rings (SSSR count). The van der Waals surface area contributed by atoms with E-state index in [-0.39, 0.29) is 30.1 Å². The van der Waals surface area contributed by atoms with Crippen LogP contribution in [-0.4, -0.2) is 29.0 Å². The lowest BCUT2D eigenvalue weighted by Gasteiger charge is -2.27. The fourth-order valence-corrected chi connectivity index (χ4v) is 2.26. The Labute approximate surface area is 112 Å². The SMILES string of the molecule is Cc1cccc(C(=O)CN2C(=O)CC(C)CC2=O)c1. The molecule has 4 nitrogen and oxygen atoms in total. The molecule has 0 saturated carbocycles. The Bertz CT molecular complexity index is 518. The minimum atomic E-state index is -0.246. The molecule has 1 saturated heterocycles. The highest BCUT2D eigenvalue weighted by Crippen LogP contribution is 2.19. The van der Waals surface area contributed by atoms with E-state index < -0.39 is 0 Å². The van der Waals surface area contributed by atoms with Crippen LogP contribution in [0, 0.1) is 12.8 Å². The largest absolute Gasteiger partial charge is 0.292 e. The van der Waals surface area contributed by atoms with E-state index in [9.17, 15) is 14.4 Å². The van der Waals surface area contributed by atoms with Crippen LogP contribution in [0.5, 0.6) is 0 Å². The van der Waals surface area contributed by atoms with Crippen LogP contribution in [0.25, 0.3) is 0 Å². The third kappa shape index (κ3) is 3.08. The van der Waals surface area contributed by atoms with Gasteiger partial charge in [-0.1, -0.05) is 30.7 Å². The average Bonchev–Trinajstić information content (AvgIpc) is 2.33. The maximum Gasteiger partial charge on any atom is 0.229 e. The molecule has 1 aromatic rings. The van der Waals surface area contributed by atoms with Gasteiger partial charge in [0.2, 0.25) is 11.8 Å². The van der Waals surface area contributed by atoms with Crippen molar-refractivity contribution in [1.29, 1.82) is 0 Å². The molecule has 1 aromatic carbocycles. The highest BCUT2D eigenvalue weighted by atomic mass is 16.2. The second kappa shape index (κ2) is 5.34. The van der Waals surface area contributed by atoms with Gasteiger partial charge in [0.05, 0.1) is 6.54 Å². The average molecular weight is 259 g/mol. The number of hydrogen-bond donors (Lipinski definition) is 0. The van der Waals surface area contributed by atoms with E-state index in [1.807, 2.05) is 19.9 Å². The Balaban J connectivity index is 2.10. The molecule has 0 bridgehead atoms. The third-order valence-corrected chi connectivity index (χ3v) is 3.29. The summed E-state index contributed by atoms with van der Waals surface area (Å²) in [6.45, 7) is 3.62. The van der Waals surface area contributed by atoms with Crippen LogP contribution in [0.3, 0.4) is 0 Å². The molecule has 2 amide bonds. The zero-order valence-electron chi connectivity index (χ0n) is 11.2. The number of piperidine rings is 1. The lowest BCUT2D eigenvalue weighted by atomic mass is 9.97. The van der Waals surface area contributed by atoms with Gasteiger partial charge in [-0.15, -0.1) is 0 Å². The van der Waals surface area contributed by atoms with Crippen molar-refractivity contribution in [2.45, 2.75) is 26.7 Å². The van der Waals surface area contributed by atoms with Crippen molar-refractivity contribution < 1.29 is 14.4 Å². The van der Waals surface area contributed by atoms with E-state index in [0.717, 1.165) is 10.5 Å². The number of carbonyl (C=O) groups excluding carboxylic acids is 3. The molecule has 0 unspecified atom stereocenters. The van der Waals surface area contributed by atoms with E-state index in [0.29, 0.717) is 18.4 Å². The number of carbonyl (C=O) groups is 3. The number of benzene rings is 1. The van der Waals surface area contributed by atoms with Crippen LogP contribution in [0.4, 0.5) is 0 Å². The number of aryl methyl sites for hydroxylation is 1. The van der Waals surface area contributed by atoms with Gasteiger partial charge in [-0.25, -0.2) is 0 Å². The Morgan fingerprint density at radius 3 is 2.47 bits per heavy atom. The number of hydrogen-bond acceptors (Lipinski definition) is 3. The first-order chi connectivity index (χ1) is 8.97. The van der Waals surface area contributed by atoms with Crippen molar-refractivity contribution in [2.75, 3.05) is 6.54 Å². The maximum atomic E-state index is 12.1. The first-order valence-electron chi connectivity index (χ1n) is 6.40. The van der Waals surface area contributed by atoms with Gasteiger partial charge in [-0.2, -0.15) is 0 Å². The number of likely N-dealkylation sites (tertiary alicyclic amines) is 1. The highest BCUT2D eigenvalue weighted by Gasteiger charge is 2.31. The minimum Gasteiger partial charge on any atom is -0.292 e. The molecule has 4 heteroatoms. The fraction of sp³-hybridized carbons (Fsp3) is 0.400. The number of ketones is 1. The van der Waals surface area contributed by atoms with Gasteiger partial charge >= 0.3 is 0 Å². The lowest BCUT2D eigenvalue weighted by Crippen LogP contribution is -2.45. The van der Waals surface area contributed by atoms with E-state index in [1.54, 1.807) is 18.2 Å². The molecule has 0 aliphatic carbocycles. The van der Waals surface area contributed by atoms with E-state index in [1.165, 1.54) is 0 Å². The molecule has 0 spiro atoms. The summed E-state index contributed by atoms with van der Waals surface area (Å²) in [5.41, 5.74) is 1.52. The molecule has 0 atom stereocenters. The van der Waals surface area contributed by atoms with Gasteiger partial charge in [-0.05, 0) is 18.9 Å². The molecule has 1 aliphatic rings. The Kier molecular flexibility index (Phi) is 3.79. The highest BCUT2D eigenvalue weighted by molar-refractivity contribution is 6.05. The van der Waals surface area contributed by atoms with Crippen LogP contribution >= 0.6 is 0 Å². The van der Waals surface area contributed by atoms with Crippen LogP contribution in [0.2, 0.25) is 0 Å². The van der Waals surface area contributed by atoms with E-state index >= 15 is 0 Å². The molecule has 0 aromatic heterocycles. The summed E-state index contributed by atoms with van der Waals surface area (Å²) in [6.07, 6.45) is 0.680. The summed E-state index contributed by atoms with van der Waals surface area (Å²) in [7, 11) is 0. The summed E-state index contributed by atoms with van der Waals surface area (Å²) in [5, 5.41) is 0. The van der Waals surface area contributed by atoms with Gasteiger partial charge in [0, 0.05) is 18.4 Å². The molecular weight excluding hydrogens is 242 g/mol. The number of Topliss-reactive ketones (excluding diaryl/α,β-unsaturated/α-hetero) is 1. The smallest absolute Gasteiger partial charge is 0.229 e. The monoisotopic (exact) mass is 259 g/mol. The van der Waals surface area contributed by atoms with Gasteiger partial charge in [-0.3, -0.25) is 19.3 Å². The van der Waals surface area contributed by atoms with Crippen molar-refractivity contribution in [3.63, 3.8) is 0 Å². The van der Waals surface area contributed by atoms with Crippen molar-refractivity contribution in [3.8, 4) is 0 Å². The summed E-state index contributed by atoms with van der Waals surface area (Å²) < 4.78 is 0. The fourth-order valence-electron chi connectivity index (χ4n) is 2.26. The molecule has 0 radical (unpaired) electrons. The topological polar surface area (TPSA) is 54.5 Å². The summed E-state index contributed by atoms with van der Waals surface area (Å²) in [6, 6.07) is 7.17. The van der Waals surface area contributed by atoms with Crippen molar-refractivity contribution in [1.82, 2.24) is 4.90 Å². The number of nitrogens with zero attached hydrogens (tertiary/aromatic N) is 1. The summed E-state index contributed by atoms with van der Waals surface area (Å²) in [4.78, 5) is 36.8. The van der Waals surface area contributed by atoms with E-state index in [2.05, 4.69) is 0 Å². The standard InChI is InChI=1S/C15H17NO3/c1-10-4-3-5-12(6-10)13(17)9-16-14(18)7-11(2)8-15(16)19/h3-6,11H,7-9H2,1-2H3. The van der Waals surface area contributed by atoms with Gasteiger partial charge in [0.25, 0.3) is 0 Å². The lowest BCUT2D eigenvalue weighted by molar-refractivity contribution is -0.149. The molecule has 19 heavy (non-hydrogen) atoms. The first-order valence-corrected chi connectivity index (χ1v) is 6.40. The van der Waals surface area contributed by atoms with Crippen molar-refractivity contribution >= 4 is 17.6 Å². The molecular formula is C15H17NO3. The Morgan fingerprint density at radius 2 is 1.89 bits per heavy atom. The summed E-state index contributed by atoms with van der Waals surface area (Å²) >= 11 is 0. The van der Waals surface area contributed by atoms with Gasteiger partial charge in [0.15, 0.2) is 5.78 Å². The minimum absolute atomic E-state index is 0.0744. The predicted molar refractivity (Wildman–Crippen MR) is 70.6 cm³/mol. The second-order valence-electron chi connectivity index (χ2n) is 5.18. The van der Waals surface area contributed by atoms with Gasteiger partial charge < -0.3 is 0 Å². The van der Waals surface area contributed by atoms with Gasteiger partial charge in [0.1, 0.15) is 0 Å². The predicted octanol–water partition coefficient (Wildman–Crippen LogP) is 1.96. The quantitative estimate of drug-likeness (QED) is 0.616. The van der Waals surface area contributed by atoms with Crippen molar-refractivity contribution in [3.05, 3.63) is 35.4 Å². The number of rotatable bonds is 3. The van der Waals surface area contributed by atoms with E-state index in [4.69, 9.17) is 0 Å². The normalized spacial score (nSPS) is 16.8. The van der Waals surface area contributed by atoms with Crippen LogP contribution in [0.15, 0.2) is 24.3 Å². The third-order valence-electron chi connectivity index (χ3n) is 3.29. The Morgan fingerprint density at radius 1 is 1.26 bits per heavy atom. The molecule has 1 aliphatic heterocycles. The molecule has 0 N–H and O–H groups in total. The first kappa shape index (κ1) is 13.5. The van der Waals surface area contributed by atoms with Crippen LogP contribution < -0.4 is 0 Å². The number of amides is 2. The molecule has 1 fully saturated rings. The summed E-state index contributed by atoms with van der Waals surface area (Å²) in [5.74, 6) is -0.611. The Hall–Kier alpha value is -1.97. The molecule has 100 valence electrons.